The second-order valence-corrected chi connectivity index (χ2v) is 10.8. The molecule has 0 aliphatic carbocycles. The molecule has 0 spiro atoms. The number of morpholine rings is 1. The molecule has 2 N–H and O–H groups in total. The zero-order valence-electron chi connectivity index (χ0n) is 24.0. The average Bonchev–Trinajstić information content (AvgIpc) is 3.46. The fourth-order valence-corrected chi connectivity index (χ4v) is 5.15. The SMILES string of the molecule is CC(C)[C@H](NC(=O)c1ccc(-c2cnc(N3CCOCC3)c3nc(C=Cc4ccc5ccccc5n4)cn23)cc1)C(=O)O. The van der Waals surface area contributed by atoms with Crippen molar-refractivity contribution in [2.45, 2.75) is 19.9 Å². The van der Waals surface area contributed by atoms with Crippen LogP contribution in [0, 0.1) is 5.92 Å². The Hall–Kier alpha value is -5.09. The van der Waals surface area contributed by atoms with Gasteiger partial charge in [-0.1, -0.05) is 50.2 Å². The number of carbonyl (C=O) groups excluding carboxylic acids is 1. The summed E-state index contributed by atoms with van der Waals surface area (Å²) in [4.78, 5) is 41.0. The lowest BCUT2D eigenvalue weighted by atomic mass is 10.0. The minimum absolute atomic E-state index is 0.244. The fourth-order valence-electron chi connectivity index (χ4n) is 5.15. The lowest BCUT2D eigenvalue weighted by molar-refractivity contribution is -0.140. The van der Waals surface area contributed by atoms with Crippen LogP contribution in [0.5, 0.6) is 0 Å². The largest absolute Gasteiger partial charge is 0.480 e. The van der Waals surface area contributed by atoms with E-state index in [0.717, 1.165) is 52.5 Å². The van der Waals surface area contributed by atoms with Crippen LogP contribution < -0.4 is 10.2 Å². The molecule has 0 radical (unpaired) electrons. The molecular formula is C33H32N6O4. The maximum absolute atomic E-state index is 12.8. The first-order valence-electron chi connectivity index (χ1n) is 14.3. The molecule has 1 saturated heterocycles. The summed E-state index contributed by atoms with van der Waals surface area (Å²) in [5.74, 6) is -0.961. The first kappa shape index (κ1) is 28.0. The first-order chi connectivity index (χ1) is 20.9. The quantitative estimate of drug-likeness (QED) is 0.270. The summed E-state index contributed by atoms with van der Waals surface area (Å²) in [7, 11) is 0. The van der Waals surface area contributed by atoms with Gasteiger partial charge in [0.15, 0.2) is 11.5 Å². The number of carboxylic acid groups (broad SMARTS) is 1. The van der Waals surface area contributed by atoms with Gasteiger partial charge < -0.3 is 20.1 Å². The summed E-state index contributed by atoms with van der Waals surface area (Å²) in [6.07, 6.45) is 7.67. The Morgan fingerprint density at radius 2 is 1.70 bits per heavy atom. The number of carbonyl (C=O) groups is 2. The number of nitrogens with one attached hydrogen (secondary N) is 1. The summed E-state index contributed by atoms with van der Waals surface area (Å²) >= 11 is 0. The lowest BCUT2D eigenvalue weighted by Gasteiger charge is -2.28. The van der Waals surface area contributed by atoms with E-state index in [2.05, 4.69) is 16.3 Å². The molecule has 10 nitrogen and oxygen atoms in total. The Labute approximate surface area is 248 Å². The molecule has 1 aliphatic rings. The third kappa shape index (κ3) is 5.96. The van der Waals surface area contributed by atoms with Gasteiger partial charge in [0.05, 0.1) is 42.0 Å². The van der Waals surface area contributed by atoms with E-state index in [4.69, 9.17) is 19.7 Å². The van der Waals surface area contributed by atoms with Crippen LogP contribution in [-0.2, 0) is 9.53 Å². The van der Waals surface area contributed by atoms with Crippen molar-refractivity contribution in [2.75, 3.05) is 31.2 Å². The number of imidazole rings is 1. The van der Waals surface area contributed by atoms with Gasteiger partial charge in [0.1, 0.15) is 6.04 Å². The van der Waals surface area contributed by atoms with Gasteiger partial charge in [0.2, 0.25) is 0 Å². The molecule has 0 unspecified atom stereocenters. The number of amides is 1. The summed E-state index contributed by atoms with van der Waals surface area (Å²) in [6, 6.07) is 18.1. The van der Waals surface area contributed by atoms with Crippen LogP contribution in [0.15, 0.2) is 73.1 Å². The molecule has 218 valence electrons. The van der Waals surface area contributed by atoms with Crippen LogP contribution in [0.1, 0.15) is 35.6 Å². The number of ether oxygens (including phenoxy) is 1. The molecule has 6 rings (SSSR count). The Morgan fingerprint density at radius 3 is 2.44 bits per heavy atom. The van der Waals surface area contributed by atoms with Crippen LogP contribution in [0.3, 0.4) is 0 Å². The molecule has 10 heteroatoms. The molecule has 5 aromatic rings. The van der Waals surface area contributed by atoms with Gasteiger partial charge in [-0.05, 0) is 42.3 Å². The number of aromatic nitrogens is 4. The summed E-state index contributed by atoms with van der Waals surface area (Å²) in [5.41, 5.74) is 5.25. The predicted octanol–water partition coefficient (Wildman–Crippen LogP) is 4.79. The van der Waals surface area contributed by atoms with Gasteiger partial charge in [0, 0.05) is 35.8 Å². The van der Waals surface area contributed by atoms with Gasteiger partial charge in [-0.3, -0.25) is 9.20 Å². The van der Waals surface area contributed by atoms with Crippen LogP contribution in [0.2, 0.25) is 0 Å². The molecule has 4 heterocycles. The number of hydrogen-bond acceptors (Lipinski definition) is 7. The van der Waals surface area contributed by atoms with Gasteiger partial charge in [0.25, 0.3) is 5.91 Å². The minimum Gasteiger partial charge on any atom is -0.480 e. The molecule has 0 saturated carbocycles. The average molecular weight is 577 g/mol. The van der Waals surface area contributed by atoms with Crippen LogP contribution in [-0.4, -0.2) is 68.7 Å². The molecule has 2 aromatic carbocycles. The molecule has 1 fully saturated rings. The minimum atomic E-state index is -1.06. The van der Waals surface area contributed by atoms with E-state index in [1.165, 1.54) is 0 Å². The van der Waals surface area contributed by atoms with Crippen molar-refractivity contribution in [1.82, 2.24) is 24.7 Å². The lowest BCUT2D eigenvalue weighted by Crippen LogP contribution is -2.44. The van der Waals surface area contributed by atoms with Crippen molar-refractivity contribution in [3.63, 3.8) is 0 Å². The summed E-state index contributed by atoms with van der Waals surface area (Å²) in [5, 5.41) is 13.1. The van der Waals surface area contributed by atoms with Gasteiger partial charge in [-0.2, -0.15) is 0 Å². The van der Waals surface area contributed by atoms with E-state index in [1.54, 1.807) is 26.0 Å². The molecular weight excluding hydrogens is 544 g/mol. The van der Waals surface area contributed by atoms with E-state index < -0.39 is 17.9 Å². The van der Waals surface area contributed by atoms with E-state index in [0.29, 0.717) is 24.4 Å². The summed E-state index contributed by atoms with van der Waals surface area (Å²) < 4.78 is 7.56. The maximum Gasteiger partial charge on any atom is 0.326 e. The third-order valence-corrected chi connectivity index (χ3v) is 7.51. The highest BCUT2D eigenvalue weighted by Crippen LogP contribution is 2.28. The molecule has 1 amide bonds. The number of rotatable bonds is 8. The number of pyridine rings is 1. The van der Waals surface area contributed by atoms with Crippen LogP contribution in [0.25, 0.3) is 40.0 Å². The van der Waals surface area contributed by atoms with Crippen molar-refractivity contribution < 1.29 is 19.4 Å². The van der Waals surface area contributed by atoms with Crippen LogP contribution in [0.4, 0.5) is 5.82 Å². The van der Waals surface area contributed by atoms with Crippen LogP contribution >= 0.6 is 0 Å². The zero-order chi connectivity index (χ0) is 29.9. The molecule has 1 atom stereocenters. The topological polar surface area (TPSA) is 122 Å². The number of fused-ring (bicyclic) bond motifs is 2. The van der Waals surface area contributed by atoms with Crippen molar-refractivity contribution >= 4 is 46.4 Å². The predicted molar refractivity (Wildman–Crippen MR) is 166 cm³/mol. The Kier molecular flexibility index (Phi) is 7.84. The molecule has 1 aliphatic heterocycles. The Morgan fingerprint density at radius 1 is 0.953 bits per heavy atom. The van der Waals surface area contributed by atoms with Gasteiger partial charge in [-0.25, -0.2) is 19.7 Å². The van der Waals surface area contributed by atoms with Crippen molar-refractivity contribution in [2.24, 2.45) is 5.92 Å². The van der Waals surface area contributed by atoms with E-state index in [-0.39, 0.29) is 5.92 Å². The highest BCUT2D eigenvalue weighted by Gasteiger charge is 2.24. The van der Waals surface area contributed by atoms with Gasteiger partial charge >= 0.3 is 5.97 Å². The smallest absolute Gasteiger partial charge is 0.326 e. The standard InChI is InChI=1S/C33H32N6O4/c1-21(2)29(33(41)42)37-32(40)24-9-7-23(8-10-24)28-19-34-30(38-15-17-43-18-16-38)31-36-26(20-39(28)31)14-13-25-12-11-22-5-3-4-6-27(22)35-25/h3-14,19-21,29H,15-18H2,1-2H3,(H,37,40)(H,41,42)/t29-/m0/s1. The number of carboxylic acids is 1. The zero-order valence-corrected chi connectivity index (χ0v) is 24.0. The Balaban J connectivity index is 1.34. The number of anilines is 1. The van der Waals surface area contributed by atoms with E-state index >= 15 is 0 Å². The second-order valence-electron chi connectivity index (χ2n) is 10.8. The number of nitrogens with zero attached hydrogens (tertiary/aromatic N) is 5. The second kappa shape index (κ2) is 12.0. The highest BCUT2D eigenvalue weighted by molar-refractivity contribution is 5.97. The van der Waals surface area contributed by atoms with Crippen molar-refractivity contribution in [3.8, 4) is 11.3 Å². The maximum atomic E-state index is 12.8. The van der Waals surface area contributed by atoms with E-state index in [9.17, 15) is 14.7 Å². The number of aliphatic carboxylic acids is 1. The third-order valence-electron chi connectivity index (χ3n) is 7.51. The summed E-state index contributed by atoms with van der Waals surface area (Å²) in [6.45, 7) is 6.21. The number of benzene rings is 2. The number of para-hydroxylation sites is 1. The van der Waals surface area contributed by atoms with Crippen molar-refractivity contribution in [1.29, 1.82) is 0 Å². The highest BCUT2D eigenvalue weighted by atomic mass is 16.5. The fraction of sp³-hybridized carbons (Fsp3) is 0.242. The van der Waals surface area contributed by atoms with E-state index in [1.807, 2.05) is 71.4 Å². The number of hydrogen-bond donors (Lipinski definition) is 2. The normalized spacial score (nSPS) is 14.5. The molecule has 43 heavy (non-hydrogen) atoms. The first-order valence-corrected chi connectivity index (χ1v) is 14.3. The van der Waals surface area contributed by atoms with Crippen molar-refractivity contribution in [3.05, 3.63) is 90.0 Å². The van der Waals surface area contributed by atoms with Gasteiger partial charge in [-0.15, -0.1) is 0 Å². The Bertz CT molecular complexity index is 1820. The monoisotopic (exact) mass is 576 g/mol. The molecule has 0 bridgehead atoms. The molecule has 3 aromatic heterocycles.